The molecule has 4 nitrogen and oxygen atoms in total. The molecular formula is C10H20O4. The second-order valence-electron chi connectivity index (χ2n) is 4.11. The Morgan fingerprint density at radius 2 is 1.21 bits per heavy atom. The van der Waals surface area contributed by atoms with E-state index in [0.29, 0.717) is 0 Å². The van der Waals surface area contributed by atoms with Crippen molar-refractivity contribution < 1.29 is 20.4 Å². The largest absolute Gasteiger partial charge is 0.394 e. The summed E-state index contributed by atoms with van der Waals surface area (Å²) in [5, 5.41) is 36.8. The van der Waals surface area contributed by atoms with Crippen LogP contribution in [0.5, 0.6) is 0 Å². The van der Waals surface area contributed by atoms with Gasteiger partial charge in [-0.3, -0.25) is 0 Å². The summed E-state index contributed by atoms with van der Waals surface area (Å²) in [4.78, 5) is 0. The van der Waals surface area contributed by atoms with Crippen LogP contribution in [0.15, 0.2) is 0 Å². The molecule has 1 rings (SSSR count). The molecule has 0 aromatic heterocycles. The molecule has 0 heterocycles. The topological polar surface area (TPSA) is 80.9 Å². The third kappa shape index (κ3) is 2.67. The Hall–Kier alpha value is -0.160. The van der Waals surface area contributed by atoms with Crippen LogP contribution in [-0.2, 0) is 0 Å². The van der Waals surface area contributed by atoms with E-state index in [2.05, 4.69) is 0 Å². The molecule has 0 aromatic rings. The number of aliphatic hydroxyl groups excluding tert-OH is 4. The van der Waals surface area contributed by atoms with Crippen molar-refractivity contribution in [1.29, 1.82) is 0 Å². The Balaban J connectivity index is 2.58. The van der Waals surface area contributed by atoms with Crippen LogP contribution in [0.4, 0.5) is 0 Å². The van der Waals surface area contributed by atoms with Crippen LogP contribution in [0.3, 0.4) is 0 Å². The predicted molar refractivity (Wildman–Crippen MR) is 51.6 cm³/mol. The lowest BCUT2D eigenvalue weighted by Gasteiger charge is -2.36. The molecule has 0 bridgehead atoms. The van der Waals surface area contributed by atoms with Crippen LogP contribution in [0.1, 0.15) is 25.7 Å². The molecule has 0 aromatic carbocycles. The van der Waals surface area contributed by atoms with Gasteiger partial charge in [0.15, 0.2) is 0 Å². The molecule has 0 radical (unpaired) electrons. The first-order valence-electron chi connectivity index (χ1n) is 5.28. The van der Waals surface area contributed by atoms with E-state index in [9.17, 15) is 10.2 Å². The fourth-order valence-corrected chi connectivity index (χ4v) is 2.41. The molecule has 1 fully saturated rings. The first kappa shape index (κ1) is 11.9. The highest BCUT2D eigenvalue weighted by atomic mass is 16.3. The molecule has 0 aliphatic heterocycles. The Labute approximate surface area is 84.2 Å². The van der Waals surface area contributed by atoms with E-state index >= 15 is 0 Å². The average Bonchev–Trinajstić information content (AvgIpc) is 2.27. The maximum atomic E-state index is 9.55. The minimum Gasteiger partial charge on any atom is -0.394 e. The zero-order chi connectivity index (χ0) is 10.6. The Kier molecular flexibility index (Phi) is 4.81. The SMILES string of the molecule is OCC(O)C1CCCCC1C(O)CO. The van der Waals surface area contributed by atoms with Crippen molar-refractivity contribution in [2.24, 2.45) is 11.8 Å². The minimum absolute atomic E-state index is 0.0732. The second kappa shape index (κ2) is 5.66. The molecule has 4 unspecified atom stereocenters. The maximum absolute atomic E-state index is 9.55. The van der Waals surface area contributed by atoms with Crippen molar-refractivity contribution in [3.8, 4) is 0 Å². The van der Waals surface area contributed by atoms with E-state index in [1.807, 2.05) is 0 Å². The van der Waals surface area contributed by atoms with Crippen LogP contribution in [0.2, 0.25) is 0 Å². The lowest BCUT2D eigenvalue weighted by molar-refractivity contribution is -0.0510. The molecule has 4 heteroatoms. The molecule has 84 valence electrons. The highest BCUT2D eigenvalue weighted by molar-refractivity contribution is 4.84. The number of hydrogen-bond donors (Lipinski definition) is 4. The van der Waals surface area contributed by atoms with Crippen molar-refractivity contribution in [3.63, 3.8) is 0 Å². The zero-order valence-corrected chi connectivity index (χ0v) is 8.34. The van der Waals surface area contributed by atoms with Gasteiger partial charge in [-0.2, -0.15) is 0 Å². The van der Waals surface area contributed by atoms with Crippen LogP contribution in [0.25, 0.3) is 0 Å². The van der Waals surface area contributed by atoms with E-state index in [4.69, 9.17) is 10.2 Å². The van der Waals surface area contributed by atoms with Crippen LogP contribution >= 0.6 is 0 Å². The lowest BCUT2D eigenvalue weighted by Crippen LogP contribution is -2.40. The van der Waals surface area contributed by atoms with Crippen molar-refractivity contribution in [1.82, 2.24) is 0 Å². The van der Waals surface area contributed by atoms with Gasteiger partial charge in [0.05, 0.1) is 25.4 Å². The Bertz CT molecular complexity index is 144. The highest BCUT2D eigenvalue weighted by Crippen LogP contribution is 2.34. The number of aliphatic hydroxyl groups is 4. The summed E-state index contributed by atoms with van der Waals surface area (Å²) in [5.74, 6) is -0.146. The van der Waals surface area contributed by atoms with Gasteiger partial charge in [-0.05, 0) is 24.7 Å². The van der Waals surface area contributed by atoms with Gasteiger partial charge in [0.25, 0.3) is 0 Å². The van der Waals surface area contributed by atoms with Gasteiger partial charge < -0.3 is 20.4 Å². The van der Waals surface area contributed by atoms with Gasteiger partial charge in [0, 0.05) is 0 Å². The summed E-state index contributed by atoms with van der Waals surface area (Å²) >= 11 is 0. The van der Waals surface area contributed by atoms with Gasteiger partial charge in [0.2, 0.25) is 0 Å². The van der Waals surface area contributed by atoms with E-state index in [0.717, 1.165) is 25.7 Å². The van der Waals surface area contributed by atoms with Crippen LogP contribution < -0.4 is 0 Å². The standard InChI is InChI=1S/C10H20O4/c11-5-9(13)7-3-1-2-4-8(7)10(14)6-12/h7-14H,1-6H2. The molecule has 1 saturated carbocycles. The summed E-state index contributed by atoms with van der Waals surface area (Å²) in [6, 6.07) is 0. The van der Waals surface area contributed by atoms with Crippen LogP contribution in [0, 0.1) is 11.8 Å². The minimum atomic E-state index is -0.763. The highest BCUT2D eigenvalue weighted by Gasteiger charge is 2.34. The first-order chi connectivity index (χ1) is 6.70. The quantitative estimate of drug-likeness (QED) is 0.497. The second-order valence-corrected chi connectivity index (χ2v) is 4.11. The third-order valence-electron chi connectivity index (χ3n) is 3.24. The molecule has 14 heavy (non-hydrogen) atoms. The smallest absolute Gasteiger partial charge is 0.0802 e. The zero-order valence-electron chi connectivity index (χ0n) is 8.34. The van der Waals surface area contributed by atoms with Crippen molar-refractivity contribution >= 4 is 0 Å². The summed E-state index contributed by atoms with van der Waals surface area (Å²) in [7, 11) is 0. The predicted octanol–water partition coefficient (Wildman–Crippen LogP) is -0.501. The van der Waals surface area contributed by atoms with E-state index < -0.39 is 12.2 Å². The molecule has 0 saturated heterocycles. The van der Waals surface area contributed by atoms with Gasteiger partial charge in [-0.15, -0.1) is 0 Å². The Morgan fingerprint density at radius 3 is 1.50 bits per heavy atom. The molecule has 4 N–H and O–H groups in total. The van der Waals surface area contributed by atoms with Crippen molar-refractivity contribution in [3.05, 3.63) is 0 Å². The number of rotatable bonds is 4. The normalized spacial score (nSPS) is 32.6. The van der Waals surface area contributed by atoms with Gasteiger partial charge in [-0.25, -0.2) is 0 Å². The van der Waals surface area contributed by atoms with Crippen molar-refractivity contribution in [2.45, 2.75) is 37.9 Å². The molecule has 1 aliphatic carbocycles. The first-order valence-corrected chi connectivity index (χ1v) is 5.28. The molecule has 0 spiro atoms. The third-order valence-corrected chi connectivity index (χ3v) is 3.24. The van der Waals surface area contributed by atoms with E-state index in [-0.39, 0.29) is 25.0 Å². The summed E-state index contributed by atoms with van der Waals surface area (Å²) in [5.41, 5.74) is 0. The van der Waals surface area contributed by atoms with Crippen LogP contribution in [-0.4, -0.2) is 45.8 Å². The Morgan fingerprint density at radius 1 is 0.857 bits per heavy atom. The van der Waals surface area contributed by atoms with Gasteiger partial charge in [-0.1, -0.05) is 12.8 Å². The summed E-state index contributed by atoms with van der Waals surface area (Å²) in [6.45, 7) is -0.529. The number of hydrogen-bond acceptors (Lipinski definition) is 4. The molecule has 4 atom stereocenters. The molecular weight excluding hydrogens is 184 g/mol. The average molecular weight is 204 g/mol. The summed E-state index contributed by atoms with van der Waals surface area (Å²) in [6.07, 6.45) is 2.17. The summed E-state index contributed by atoms with van der Waals surface area (Å²) < 4.78 is 0. The van der Waals surface area contributed by atoms with Crippen molar-refractivity contribution in [2.75, 3.05) is 13.2 Å². The van der Waals surface area contributed by atoms with Gasteiger partial charge in [0.1, 0.15) is 0 Å². The van der Waals surface area contributed by atoms with E-state index in [1.165, 1.54) is 0 Å². The molecule has 0 amide bonds. The fraction of sp³-hybridized carbons (Fsp3) is 1.00. The lowest BCUT2D eigenvalue weighted by atomic mass is 9.74. The fourth-order valence-electron chi connectivity index (χ4n) is 2.41. The van der Waals surface area contributed by atoms with E-state index in [1.54, 1.807) is 0 Å². The monoisotopic (exact) mass is 204 g/mol. The maximum Gasteiger partial charge on any atom is 0.0802 e. The van der Waals surface area contributed by atoms with Gasteiger partial charge >= 0.3 is 0 Å². The molecule has 1 aliphatic rings.